The van der Waals surface area contributed by atoms with Crippen molar-refractivity contribution in [3.8, 4) is 11.8 Å². The quantitative estimate of drug-likeness (QED) is 0.793. The molecule has 2 aromatic rings. The molecule has 0 radical (unpaired) electrons. The number of nitrogens with zero attached hydrogens (tertiary/aromatic N) is 2. The fraction of sp³-hybridized carbons (Fsp3) is 0.357. The summed E-state index contributed by atoms with van der Waals surface area (Å²) in [6.07, 6.45) is 0. The van der Waals surface area contributed by atoms with Gasteiger partial charge in [-0.25, -0.2) is 0 Å². The highest BCUT2D eigenvalue weighted by atomic mass is 32.2. The standard InChI is InChI=1S/C14H18N2O4S/c1-10(2)12-13(16(3)14(15-12)19-4)21(17,18)20-11-8-6-5-7-9-11/h5-10H,1-4H3. The van der Waals surface area contributed by atoms with Crippen LogP contribution in [0.25, 0.3) is 0 Å². The molecule has 0 aliphatic carbocycles. The van der Waals surface area contributed by atoms with Gasteiger partial charge in [0.1, 0.15) is 5.75 Å². The van der Waals surface area contributed by atoms with Gasteiger partial charge in [0.25, 0.3) is 6.01 Å². The Bertz CT molecular complexity index is 721. The molecule has 0 bridgehead atoms. The lowest BCUT2D eigenvalue weighted by atomic mass is 10.2. The van der Waals surface area contributed by atoms with E-state index >= 15 is 0 Å². The van der Waals surface area contributed by atoms with Gasteiger partial charge in [0.15, 0.2) is 5.03 Å². The molecule has 0 spiro atoms. The molecule has 0 amide bonds. The van der Waals surface area contributed by atoms with E-state index in [9.17, 15) is 8.42 Å². The molecule has 0 saturated heterocycles. The van der Waals surface area contributed by atoms with Gasteiger partial charge in [-0.15, -0.1) is 0 Å². The number of imidazole rings is 1. The zero-order valence-electron chi connectivity index (χ0n) is 12.4. The van der Waals surface area contributed by atoms with Crippen LogP contribution in [0, 0.1) is 0 Å². The minimum atomic E-state index is -3.99. The van der Waals surface area contributed by atoms with Crippen molar-refractivity contribution in [2.75, 3.05) is 7.11 Å². The molecule has 0 aliphatic heterocycles. The Morgan fingerprint density at radius 3 is 2.33 bits per heavy atom. The Kier molecular flexibility index (Phi) is 4.22. The predicted molar refractivity (Wildman–Crippen MR) is 78.1 cm³/mol. The second-order valence-electron chi connectivity index (χ2n) is 4.85. The van der Waals surface area contributed by atoms with Crippen LogP contribution in [0.4, 0.5) is 0 Å². The van der Waals surface area contributed by atoms with Gasteiger partial charge in [0.2, 0.25) is 0 Å². The minimum Gasteiger partial charge on any atom is -0.468 e. The van der Waals surface area contributed by atoms with E-state index in [4.69, 9.17) is 8.92 Å². The molecule has 7 heteroatoms. The van der Waals surface area contributed by atoms with Crippen LogP contribution >= 0.6 is 0 Å². The summed E-state index contributed by atoms with van der Waals surface area (Å²) in [7, 11) is -0.961. The zero-order valence-corrected chi connectivity index (χ0v) is 13.2. The summed E-state index contributed by atoms with van der Waals surface area (Å²) in [5, 5.41) is 0.0122. The third-order valence-electron chi connectivity index (χ3n) is 2.94. The lowest BCUT2D eigenvalue weighted by Crippen LogP contribution is -2.16. The minimum absolute atomic E-state index is 0.0122. The van der Waals surface area contributed by atoms with Crippen LogP contribution < -0.4 is 8.92 Å². The number of ether oxygens (including phenoxy) is 1. The highest BCUT2D eigenvalue weighted by Gasteiger charge is 2.30. The Morgan fingerprint density at radius 2 is 1.81 bits per heavy atom. The number of benzene rings is 1. The largest absolute Gasteiger partial charge is 0.468 e. The molecule has 0 N–H and O–H groups in total. The van der Waals surface area contributed by atoms with E-state index in [1.807, 2.05) is 13.8 Å². The maximum atomic E-state index is 12.5. The first kappa shape index (κ1) is 15.4. The SMILES string of the molecule is COc1nc(C(C)C)c(S(=O)(=O)Oc2ccccc2)n1C. The van der Waals surface area contributed by atoms with Crippen LogP contribution in [0.3, 0.4) is 0 Å². The molecular formula is C14H18N2O4S. The first-order chi connectivity index (χ1) is 9.86. The monoisotopic (exact) mass is 310 g/mol. The van der Waals surface area contributed by atoms with Crippen molar-refractivity contribution < 1.29 is 17.3 Å². The van der Waals surface area contributed by atoms with Crippen molar-refractivity contribution in [1.82, 2.24) is 9.55 Å². The van der Waals surface area contributed by atoms with E-state index in [0.29, 0.717) is 5.69 Å². The van der Waals surface area contributed by atoms with Crippen molar-refractivity contribution in [2.24, 2.45) is 7.05 Å². The van der Waals surface area contributed by atoms with Crippen molar-refractivity contribution in [3.05, 3.63) is 36.0 Å². The topological polar surface area (TPSA) is 70.4 Å². The summed E-state index contributed by atoms with van der Waals surface area (Å²) in [5.41, 5.74) is 0.422. The number of hydrogen-bond acceptors (Lipinski definition) is 5. The molecule has 0 saturated carbocycles. The van der Waals surface area contributed by atoms with Gasteiger partial charge in [-0.2, -0.15) is 13.4 Å². The Morgan fingerprint density at radius 1 is 1.19 bits per heavy atom. The number of methoxy groups -OCH3 is 1. The van der Waals surface area contributed by atoms with Crippen LogP contribution in [0.1, 0.15) is 25.5 Å². The van der Waals surface area contributed by atoms with Crippen molar-refractivity contribution in [3.63, 3.8) is 0 Å². The second-order valence-corrected chi connectivity index (χ2v) is 6.31. The van der Waals surface area contributed by atoms with E-state index in [-0.39, 0.29) is 22.7 Å². The van der Waals surface area contributed by atoms with Gasteiger partial charge >= 0.3 is 10.1 Å². The number of para-hydroxylation sites is 1. The number of aromatic nitrogens is 2. The zero-order chi connectivity index (χ0) is 15.6. The number of rotatable bonds is 5. The molecule has 0 aliphatic rings. The Hall–Kier alpha value is -2.02. The fourth-order valence-electron chi connectivity index (χ4n) is 1.98. The van der Waals surface area contributed by atoms with Gasteiger partial charge in [-0.1, -0.05) is 32.0 Å². The molecular weight excluding hydrogens is 292 g/mol. The van der Waals surface area contributed by atoms with E-state index < -0.39 is 10.1 Å². The summed E-state index contributed by atoms with van der Waals surface area (Å²) in [5.74, 6) is 0.177. The van der Waals surface area contributed by atoms with Crippen molar-refractivity contribution in [1.29, 1.82) is 0 Å². The number of hydrogen-bond donors (Lipinski definition) is 0. The smallest absolute Gasteiger partial charge is 0.357 e. The molecule has 0 fully saturated rings. The van der Waals surface area contributed by atoms with Crippen LogP contribution in [-0.2, 0) is 17.2 Å². The molecule has 6 nitrogen and oxygen atoms in total. The van der Waals surface area contributed by atoms with E-state index in [1.165, 1.54) is 11.7 Å². The van der Waals surface area contributed by atoms with E-state index in [2.05, 4.69) is 4.98 Å². The van der Waals surface area contributed by atoms with Gasteiger partial charge in [-0.3, -0.25) is 4.57 Å². The summed E-state index contributed by atoms with van der Waals surface area (Å²) in [6, 6.07) is 8.59. The van der Waals surface area contributed by atoms with Gasteiger partial charge < -0.3 is 8.92 Å². The predicted octanol–water partition coefficient (Wildman–Crippen LogP) is 2.32. The second kappa shape index (κ2) is 5.77. The summed E-state index contributed by atoms with van der Waals surface area (Å²) < 4.78 is 36.7. The fourth-order valence-corrected chi connectivity index (χ4v) is 3.38. The maximum absolute atomic E-state index is 12.5. The molecule has 21 heavy (non-hydrogen) atoms. The van der Waals surface area contributed by atoms with Crippen molar-refractivity contribution in [2.45, 2.75) is 24.8 Å². The van der Waals surface area contributed by atoms with Crippen LogP contribution in [0.2, 0.25) is 0 Å². The third kappa shape index (κ3) is 3.02. The summed E-state index contributed by atoms with van der Waals surface area (Å²) in [4.78, 5) is 4.22. The van der Waals surface area contributed by atoms with Crippen LogP contribution in [0.5, 0.6) is 11.8 Å². The first-order valence-electron chi connectivity index (χ1n) is 6.47. The highest BCUT2D eigenvalue weighted by molar-refractivity contribution is 7.87. The maximum Gasteiger partial charge on any atom is 0.357 e. The molecule has 0 unspecified atom stereocenters. The average molecular weight is 310 g/mol. The summed E-state index contributed by atoms with van der Waals surface area (Å²) in [6.45, 7) is 3.73. The van der Waals surface area contributed by atoms with Gasteiger partial charge in [0.05, 0.1) is 12.8 Å². The van der Waals surface area contributed by atoms with Crippen molar-refractivity contribution >= 4 is 10.1 Å². The lowest BCUT2D eigenvalue weighted by Gasteiger charge is -2.10. The first-order valence-corrected chi connectivity index (χ1v) is 7.87. The lowest BCUT2D eigenvalue weighted by molar-refractivity contribution is 0.360. The molecule has 1 heterocycles. The van der Waals surface area contributed by atoms with Crippen LogP contribution in [-0.4, -0.2) is 25.1 Å². The highest BCUT2D eigenvalue weighted by Crippen LogP contribution is 2.29. The Labute approximate surface area is 124 Å². The van der Waals surface area contributed by atoms with Gasteiger partial charge in [0, 0.05) is 7.05 Å². The van der Waals surface area contributed by atoms with E-state index in [1.54, 1.807) is 37.4 Å². The molecule has 2 rings (SSSR count). The summed E-state index contributed by atoms with van der Waals surface area (Å²) >= 11 is 0. The van der Waals surface area contributed by atoms with E-state index in [0.717, 1.165) is 0 Å². The molecule has 0 atom stereocenters. The molecule has 1 aromatic carbocycles. The normalized spacial score (nSPS) is 11.7. The van der Waals surface area contributed by atoms with Crippen LogP contribution in [0.15, 0.2) is 35.4 Å². The third-order valence-corrected chi connectivity index (χ3v) is 4.31. The molecule has 1 aromatic heterocycles. The average Bonchev–Trinajstić information content (AvgIpc) is 2.77. The van der Waals surface area contributed by atoms with Gasteiger partial charge in [-0.05, 0) is 18.1 Å². The molecule has 114 valence electrons. The Balaban J connectivity index is 2.51.